The summed E-state index contributed by atoms with van der Waals surface area (Å²) in [5.74, 6) is -1.25. The van der Waals surface area contributed by atoms with Gasteiger partial charge in [0, 0.05) is 18.3 Å². The molecule has 0 atom stereocenters. The second-order valence-corrected chi connectivity index (χ2v) is 8.40. The van der Waals surface area contributed by atoms with Gasteiger partial charge in [-0.2, -0.15) is 0 Å². The lowest BCUT2D eigenvalue weighted by Gasteiger charge is -2.13. The smallest absolute Gasteiger partial charge is 0.341 e. The summed E-state index contributed by atoms with van der Waals surface area (Å²) in [4.78, 5) is 35.9. The fourth-order valence-electron chi connectivity index (χ4n) is 2.93. The van der Waals surface area contributed by atoms with E-state index in [1.165, 1.54) is 26.7 Å². The van der Waals surface area contributed by atoms with Crippen LogP contribution in [0.25, 0.3) is 11.4 Å². The van der Waals surface area contributed by atoms with Crippen LogP contribution >= 0.6 is 22.9 Å². The number of nitrogens with zero attached hydrogens (tertiary/aromatic N) is 4. The van der Waals surface area contributed by atoms with Crippen molar-refractivity contribution in [2.24, 2.45) is 0 Å². The van der Waals surface area contributed by atoms with Crippen LogP contribution in [-0.2, 0) is 11.3 Å². The molecule has 0 saturated heterocycles. The molecule has 3 heterocycles. The molecule has 0 unspecified atom stereocenters. The average Bonchev–Trinajstić information content (AvgIpc) is 3.45. The Morgan fingerprint density at radius 2 is 2.03 bits per heavy atom. The molecule has 0 saturated carbocycles. The summed E-state index contributed by atoms with van der Waals surface area (Å²) >= 11 is 7.02. The molecule has 0 aliphatic rings. The molecule has 4 rings (SSSR count). The van der Waals surface area contributed by atoms with E-state index in [4.69, 9.17) is 21.4 Å². The largest absolute Gasteiger partial charge is 0.480 e. The Labute approximate surface area is 195 Å². The number of carbonyl (C=O) groups is 2. The number of nitrogens with one attached hydrogen (secondary N) is 1. The van der Waals surface area contributed by atoms with Gasteiger partial charge in [-0.25, -0.2) is 9.48 Å². The van der Waals surface area contributed by atoms with Gasteiger partial charge in [0.05, 0.1) is 27.6 Å². The van der Waals surface area contributed by atoms with E-state index in [-0.39, 0.29) is 23.8 Å². The number of carbonyl (C=O) groups excluding carboxylic acids is 1. The van der Waals surface area contributed by atoms with E-state index in [9.17, 15) is 14.4 Å². The first-order valence-corrected chi connectivity index (χ1v) is 10.7. The molecule has 12 heteroatoms. The van der Waals surface area contributed by atoms with Crippen LogP contribution in [0.1, 0.15) is 15.4 Å². The number of ether oxygens (including phenoxy) is 1. The third kappa shape index (κ3) is 5.27. The third-order valence-electron chi connectivity index (χ3n) is 4.41. The number of hydrogen-bond acceptors (Lipinski definition) is 7. The molecular weight excluding hydrogens is 470 g/mol. The lowest BCUT2D eigenvalue weighted by Crippen LogP contribution is -2.21. The van der Waals surface area contributed by atoms with Gasteiger partial charge in [0.15, 0.2) is 6.61 Å². The molecule has 3 aromatic heterocycles. The van der Waals surface area contributed by atoms with E-state index in [0.717, 1.165) is 0 Å². The molecule has 2 N–H and O–H groups in total. The molecule has 4 aromatic rings. The Morgan fingerprint density at radius 1 is 1.18 bits per heavy atom. The Balaban J connectivity index is 1.58. The summed E-state index contributed by atoms with van der Waals surface area (Å²) in [6.07, 6.45) is 3.17. The summed E-state index contributed by atoms with van der Waals surface area (Å²) in [5, 5.41) is 19.9. The van der Waals surface area contributed by atoms with Crippen molar-refractivity contribution in [1.82, 2.24) is 24.9 Å². The molecule has 1 amide bonds. The van der Waals surface area contributed by atoms with Gasteiger partial charge >= 0.3 is 5.97 Å². The van der Waals surface area contributed by atoms with Gasteiger partial charge in [-0.05, 0) is 30.3 Å². The fraction of sp³-hybridized carbons (Fsp3) is 0.0952. The molecule has 0 bridgehead atoms. The molecule has 33 heavy (non-hydrogen) atoms. The van der Waals surface area contributed by atoms with Crippen molar-refractivity contribution < 1.29 is 19.4 Å². The number of aliphatic carboxylic acids is 1. The summed E-state index contributed by atoms with van der Waals surface area (Å²) in [6.45, 7) is -0.460. The topological polar surface area (TPSA) is 128 Å². The zero-order valence-corrected chi connectivity index (χ0v) is 18.4. The highest BCUT2D eigenvalue weighted by Gasteiger charge is 2.14. The lowest BCUT2D eigenvalue weighted by atomic mass is 10.2. The van der Waals surface area contributed by atoms with E-state index in [1.807, 2.05) is 0 Å². The highest BCUT2D eigenvalue weighted by atomic mass is 35.5. The predicted molar refractivity (Wildman–Crippen MR) is 121 cm³/mol. The minimum atomic E-state index is -1.15. The Bertz CT molecular complexity index is 1380. The van der Waals surface area contributed by atoms with Gasteiger partial charge < -0.3 is 15.2 Å². The highest BCUT2D eigenvalue weighted by Crippen LogP contribution is 2.26. The number of halogens is 1. The first-order chi connectivity index (χ1) is 15.9. The van der Waals surface area contributed by atoms with Crippen LogP contribution < -0.4 is 15.6 Å². The first-order valence-electron chi connectivity index (χ1n) is 9.52. The molecule has 168 valence electrons. The number of hydrogen-bond donors (Lipinski definition) is 2. The van der Waals surface area contributed by atoms with Gasteiger partial charge in [0.25, 0.3) is 11.5 Å². The fourth-order valence-corrected chi connectivity index (χ4v) is 3.89. The van der Waals surface area contributed by atoms with Crippen molar-refractivity contribution >= 4 is 34.8 Å². The third-order valence-corrected chi connectivity index (χ3v) is 5.64. The summed E-state index contributed by atoms with van der Waals surface area (Å²) < 4.78 is 8.75. The van der Waals surface area contributed by atoms with Crippen molar-refractivity contribution in [3.8, 4) is 17.1 Å². The minimum Gasteiger partial charge on any atom is -0.480 e. The van der Waals surface area contributed by atoms with Gasteiger partial charge in [0.2, 0.25) is 0 Å². The van der Waals surface area contributed by atoms with Crippen LogP contribution in [0.3, 0.4) is 0 Å². The number of thiophene rings is 1. The summed E-state index contributed by atoms with van der Waals surface area (Å²) in [5.41, 5.74) is 1.13. The minimum absolute atomic E-state index is 0.122. The van der Waals surface area contributed by atoms with E-state index in [0.29, 0.717) is 26.3 Å². The first kappa shape index (κ1) is 22.2. The van der Waals surface area contributed by atoms with Crippen molar-refractivity contribution in [1.29, 1.82) is 0 Å². The van der Waals surface area contributed by atoms with Gasteiger partial charge in [-0.1, -0.05) is 22.9 Å². The summed E-state index contributed by atoms with van der Waals surface area (Å²) in [7, 11) is 0. The maximum atomic E-state index is 12.2. The van der Waals surface area contributed by atoms with Crippen molar-refractivity contribution in [3.63, 3.8) is 0 Å². The van der Waals surface area contributed by atoms with Crippen molar-refractivity contribution in [2.45, 2.75) is 6.54 Å². The van der Waals surface area contributed by atoms with Gasteiger partial charge in [-0.3, -0.25) is 14.2 Å². The predicted octanol–water partition coefficient (Wildman–Crippen LogP) is 2.53. The number of benzene rings is 1. The average molecular weight is 486 g/mol. The molecule has 0 aliphatic heterocycles. The van der Waals surface area contributed by atoms with E-state index in [1.54, 1.807) is 54.9 Å². The van der Waals surface area contributed by atoms with Crippen LogP contribution in [0.15, 0.2) is 65.7 Å². The quantitative estimate of drug-likeness (QED) is 0.392. The Morgan fingerprint density at radius 3 is 2.76 bits per heavy atom. The Kier molecular flexibility index (Phi) is 6.52. The monoisotopic (exact) mass is 485 g/mol. The highest BCUT2D eigenvalue weighted by molar-refractivity contribution is 7.17. The lowest BCUT2D eigenvalue weighted by molar-refractivity contribution is -0.139. The summed E-state index contributed by atoms with van der Waals surface area (Å²) in [6, 6.07) is 12.9. The van der Waals surface area contributed by atoms with Crippen molar-refractivity contribution in [2.75, 3.05) is 6.61 Å². The SMILES string of the molecule is O=C(O)COc1cc(-n2ccccc2=O)ccc1-n1cc(CNC(=O)c2ccc(Cl)s2)nn1. The molecule has 0 aliphatic carbocycles. The zero-order chi connectivity index (χ0) is 23.4. The Hall–Kier alpha value is -3.96. The van der Waals surface area contributed by atoms with Crippen molar-refractivity contribution in [3.05, 3.63) is 86.2 Å². The van der Waals surface area contributed by atoms with Gasteiger partial charge in [-0.15, -0.1) is 16.4 Å². The number of amides is 1. The molecule has 1 aromatic carbocycles. The number of pyridine rings is 1. The van der Waals surface area contributed by atoms with E-state index < -0.39 is 12.6 Å². The zero-order valence-electron chi connectivity index (χ0n) is 16.8. The van der Waals surface area contributed by atoms with Crippen LogP contribution in [-0.4, -0.2) is 43.2 Å². The maximum Gasteiger partial charge on any atom is 0.341 e. The molecular formula is C21H16ClN5O5S. The molecule has 10 nitrogen and oxygen atoms in total. The standard InChI is InChI=1S/C21H16ClN5O5S/c22-18-7-6-17(33-18)21(31)23-10-13-11-27(25-24-13)15-5-4-14(9-16(15)32-12-20(29)30)26-8-2-1-3-19(26)28/h1-9,11H,10,12H2,(H,23,31)(H,29,30). The number of carboxylic acid groups (broad SMARTS) is 1. The number of aromatic nitrogens is 4. The maximum absolute atomic E-state index is 12.2. The van der Waals surface area contributed by atoms with Crippen LogP contribution in [0.2, 0.25) is 4.34 Å². The van der Waals surface area contributed by atoms with Crippen LogP contribution in [0.5, 0.6) is 5.75 Å². The molecule has 0 radical (unpaired) electrons. The second kappa shape index (κ2) is 9.67. The normalized spacial score (nSPS) is 10.7. The number of carboxylic acids is 1. The molecule has 0 fully saturated rings. The van der Waals surface area contributed by atoms with E-state index >= 15 is 0 Å². The van der Waals surface area contributed by atoms with Gasteiger partial charge in [0.1, 0.15) is 17.1 Å². The van der Waals surface area contributed by atoms with Crippen LogP contribution in [0.4, 0.5) is 0 Å². The molecule has 0 spiro atoms. The second-order valence-electron chi connectivity index (χ2n) is 6.68. The van der Waals surface area contributed by atoms with E-state index in [2.05, 4.69) is 15.6 Å². The van der Waals surface area contributed by atoms with Crippen LogP contribution in [0, 0.1) is 0 Å². The number of rotatable bonds is 8.